The van der Waals surface area contributed by atoms with Gasteiger partial charge in [0.05, 0.1) is 0 Å². The standard InChI is InChI=1S/C11H16ClN3/c1-8-4-2-3-5-9(8)15-11-6-10(12)13-7-14-11/h6-9H,2-5H2,1H3,(H,13,14,15)/t8-,9-/m1/s1. The van der Waals surface area contributed by atoms with Gasteiger partial charge in [0.1, 0.15) is 17.3 Å². The van der Waals surface area contributed by atoms with Crippen molar-refractivity contribution in [2.24, 2.45) is 5.92 Å². The second-order valence-electron chi connectivity index (χ2n) is 4.24. The van der Waals surface area contributed by atoms with Crippen LogP contribution in [0.2, 0.25) is 5.15 Å². The molecule has 0 spiro atoms. The summed E-state index contributed by atoms with van der Waals surface area (Å²) in [6, 6.07) is 2.31. The van der Waals surface area contributed by atoms with E-state index in [0.29, 0.717) is 17.1 Å². The van der Waals surface area contributed by atoms with Crippen molar-refractivity contribution in [1.29, 1.82) is 0 Å². The maximum atomic E-state index is 5.81. The molecule has 3 nitrogen and oxygen atoms in total. The van der Waals surface area contributed by atoms with Gasteiger partial charge in [-0.1, -0.05) is 31.4 Å². The lowest BCUT2D eigenvalue weighted by molar-refractivity contribution is 0.349. The first-order valence-corrected chi connectivity index (χ1v) is 5.87. The zero-order valence-corrected chi connectivity index (χ0v) is 9.67. The summed E-state index contributed by atoms with van der Waals surface area (Å²) in [4.78, 5) is 8.03. The predicted octanol–water partition coefficient (Wildman–Crippen LogP) is 3.12. The van der Waals surface area contributed by atoms with Gasteiger partial charge in [-0.25, -0.2) is 9.97 Å². The average Bonchev–Trinajstić information content (AvgIpc) is 2.22. The van der Waals surface area contributed by atoms with Crippen LogP contribution in [0.1, 0.15) is 32.6 Å². The molecule has 0 bridgehead atoms. The van der Waals surface area contributed by atoms with Crippen molar-refractivity contribution in [2.75, 3.05) is 5.32 Å². The summed E-state index contributed by atoms with van der Waals surface area (Å²) in [5, 5.41) is 3.93. The number of nitrogens with one attached hydrogen (secondary N) is 1. The van der Waals surface area contributed by atoms with Gasteiger partial charge in [-0.15, -0.1) is 0 Å². The van der Waals surface area contributed by atoms with Crippen LogP contribution in [0.3, 0.4) is 0 Å². The Kier molecular flexibility index (Phi) is 3.41. The van der Waals surface area contributed by atoms with Gasteiger partial charge < -0.3 is 5.32 Å². The number of hydrogen-bond donors (Lipinski definition) is 1. The summed E-state index contributed by atoms with van der Waals surface area (Å²) in [6.45, 7) is 2.29. The topological polar surface area (TPSA) is 37.8 Å². The van der Waals surface area contributed by atoms with E-state index in [4.69, 9.17) is 11.6 Å². The number of halogens is 1. The van der Waals surface area contributed by atoms with E-state index in [1.165, 1.54) is 32.0 Å². The zero-order valence-electron chi connectivity index (χ0n) is 8.91. The van der Waals surface area contributed by atoms with Gasteiger partial charge in [0.25, 0.3) is 0 Å². The summed E-state index contributed by atoms with van der Waals surface area (Å²) in [5.41, 5.74) is 0. The van der Waals surface area contributed by atoms with Gasteiger partial charge in [-0.2, -0.15) is 0 Å². The molecule has 4 heteroatoms. The van der Waals surface area contributed by atoms with E-state index in [2.05, 4.69) is 22.2 Å². The summed E-state index contributed by atoms with van der Waals surface area (Å²) >= 11 is 5.81. The Morgan fingerprint density at radius 3 is 2.87 bits per heavy atom. The molecule has 1 saturated carbocycles. The molecular formula is C11H16ClN3. The molecule has 15 heavy (non-hydrogen) atoms. The first-order valence-electron chi connectivity index (χ1n) is 5.50. The highest BCUT2D eigenvalue weighted by Gasteiger charge is 2.21. The van der Waals surface area contributed by atoms with Crippen molar-refractivity contribution >= 4 is 17.4 Å². The molecule has 1 N–H and O–H groups in total. The van der Waals surface area contributed by atoms with Crippen LogP contribution >= 0.6 is 11.6 Å². The molecule has 1 heterocycles. The Balaban J connectivity index is 2.01. The molecule has 1 aromatic heterocycles. The minimum absolute atomic E-state index is 0.496. The third-order valence-corrected chi connectivity index (χ3v) is 3.29. The van der Waals surface area contributed by atoms with Crippen molar-refractivity contribution in [3.8, 4) is 0 Å². The normalized spacial score (nSPS) is 26.3. The second kappa shape index (κ2) is 4.79. The van der Waals surface area contributed by atoms with E-state index >= 15 is 0 Å². The molecule has 2 rings (SSSR count). The van der Waals surface area contributed by atoms with E-state index in [9.17, 15) is 0 Å². The average molecular weight is 226 g/mol. The fourth-order valence-corrected chi connectivity index (χ4v) is 2.28. The largest absolute Gasteiger partial charge is 0.367 e. The molecule has 0 saturated heterocycles. The lowest BCUT2D eigenvalue weighted by Crippen LogP contribution is -2.30. The van der Waals surface area contributed by atoms with E-state index in [-0.39, 0.29) is 0 Å². The molecule has 1 fully saturated rings. The lowest BCUT2D eigenvalue weighted by atomic mass is 9.86. The van der Waals surface area contributed by atoms with Crippen LogP contribution in [0.25, 0.3) is 0 Å². The molecule has 0 amide bonds. The van der Waals surface area contributed by atoms with E-state index in [0.717, 1.165) is 5.82 Å². The summed E-state index contributed by atoms with van der Waals surface area (Å²) in [7, 11) is 0. The van der Waals surface area contributed by atoms with Gasteiger partial charge in [0.15, 0.2) is 0 Å². The van der Waals surface area contributed by atoms with Crippen LogP contribution in [-0.4, -0.2) is 16.0 Å². The van der Waals surface area contributed by atoms with Gasteiger partial charge in [-0.05, 0) is 18.8 Å². The SMILES string of the molecule is C[C@@H]1CCCC[C@H]1Nc1cc(Cl)ncn1. The number of hydrogen-bond acceptors (Lipinski definition) is 3. The van der Waals surface area contributed by atoms with Crippen molar-refractivity contribution < 1.29 is 0 Å². The number of anilines is 1. The molecule has 0 aromatic carbocycles. The quantitative estimate of drug-likeness (QED) is 0.786. The van der Waals surface area contributed by atoms with Crippen LogP contribution in [-0.2, 0) is 0 Å². The van der Waals surface area contributed by atoms with Crippen molar-refractivity contribution in [1.82, 2.24) is 9.97 Å². The molecule has 1 aliphatic rings. The molecule has 0 unspecified atom stereocenters. The zero-order chi connectivity index (χ0) is 10.7. The monoisotopic (exact) mass is 225 g/mol. The Morgan fingerprint density at radius 2 is 2.13 bits per heavy atom. The van der Waals surface area contributed by atoms with Crippen molar-refractivity contribution in [3.05, 3.63) is 17.5 Å². The summed E-state index contributed by atoms with van der Waals surface area (Å²) in [6.07, 6.45) is 6.68. The van der Waals surface area contributed by atoms with Gasteiger partial charge in [-0.3, -0.25) is 0 Å². The maximum absolute atomic E-state index is 5.81. The van der Waals surface area contributed by atoms with Crippen LogP contribution in [0.5, 0.6) is 0 Å². The van der Waals surface area contributed by atoms with Crippen LogP contribution in [0, 0.1) is 5.92 Å². The van der Waals surface area contributed by atoms with Gasteiger partial charge >= 0.3 is 0 Å². The summed E-state index contributed by atoms with van der Waals surface area (Å²) < 4.78 is 0. The highest BCUT2D eigenvalue weighted by Crippen LogP contribution is 2.26. The minimum atomic E-state index is 0.496. The molecule has 2 atom stereocenters. The van der Waals surface area contributed by atoms with Gasteiger partial charge in [0, 0.05) is 12.1 Å². The number of nitrogens with zero attached hydrogens (tertiary/aromatic N) is 2. The molecule has 1 aliphatic carbocycles. The first kappa shape index (κ1) is 10.7. The molecule has 82 valence electrons. The Morgan fingerprint density at radius 1 is 1.33 bits per heavy atom. The number of aromatic nitrogens is 2. The van der Waals surface area contributed by atoms with Gasteiger partial charge in [0.2, 0.25) is 0 Å². The maximum Gasteiger partial charge on any atom is 0.134 e. The third kappa shape index (κ3) is 2.81. The van der Waals surface area contributed by atoms with E-state index in [1.54, 1.807) is 6.07 Å². The lowest BCUT2D eigenvalue weighted by Gasteiger charge is -2.29. The summed E-state index contributed by atoms with van der Waals surface area (Å²) in [5.74, 6) is 1.56. The fraction of sp³-hybridized carbons (Fsp3) is 0.636. The third-order valence-electron chi connectivity index (χ3n) is 3.08. The highest BCUT2D eigenvalue weighted by molar-refractivity contribution is 6.29. The molecule has 1 aromatic rings. The van der Waals surface area contributed by atoms with Crippen LogP contribution in [0.15, 0.2) is 12.4 Å². The Bertz CT molecular complexity index is 329. The van der Waals surface area contributed by atoms with E-state index < -0.39 is 0 Å². The van der Waals surface area contributed by atoms with Crippen LogP contribution in [0.4, 0.5) is 5.82 Å². The van der Waals surface area contributed by atoms with Crippen molar-refractivity contribution in [3.63, 3.8) is 0 Å². The smallest absolute Gasteiger partial charge is 0.134 e. The van der Waals surface area contributed by atoms with E-state index in [1.807, 2.05) is 0 Å². The Hall–Kier alpha value is -0.830. The Labute approximate surface area is 95.3 Å². The molecule has 0 aliphatic heterocycles. The molecular weight excluding hydrogens is 210 g/mol. The fourth-order valence-electron chi connectivity index (χ4n) is 2.13. The van der Waals surface area contributed by atoms with Crippen LogP contribution < -0.4 is 5.32 Å². The highest BCUT2D eigenvalue weighted by atomic mass is 35.5. The first-order chi connectivity index (χ1) is 7.25. The van der Waals surface area contributed by atoms with Crippen molar-refractivity contribution in [2.45, 2.75) is 38.6 Å². The molecule has 0 radical (unpaired) electrons. The minimum Gasteiger partial charge on any atom is -0.367 e. The second-order valence-corrected chi connectivity index (χ2v) is 4.63. The number of rotatable bonds is 2. The predicted molar refractivity (Wildman–Crippen MR) is 62.1 cm³/mol.